The highest BCUT2D eigenvalue weighted by molar-refractivity contribution is 6.22. The fourth-order valence-corrected chi connectivity index (χ4v) is 2.73. The van der Waals surface area contributed by atoms with Crippen LogP contribution in [0.5, 0.6) is 0 Å². The van der Waals surface area contributed by atoms with Crippen LogP contribution >= 0.6 is 11.6 Å². The normalized spacial score (nSPS) is 12.5. The SMILES string of the molecule is Cc1cc(C)cc(C(Cl)c2cc(C)ccc2C)c1. The molecular weight excluding hydrogens is 240 g/mol. The van der Waals surface area contributed by atoms with E-state index in [1.54, 1.807) is 0 Å². The van der Waals surface area contributed by atoms with E-state index in [0.717, 1.165) is 0 Å². The van der Waals surface area contributed by atoms with Gasteiger partial charge in [0.2, 0.25) is 0 Å². The molecule has 0 spiro atoms. The quantitative estimate of drug-likeness (QED) is 0.646. The predicted molar refractivity (Wildman–Crippen MR) is 79.5 cm³/mol. The van der Waals surface area contributed by atoms with Gasteiger partial charge in [0, 0.05) is 0 Å². The monoisotopic (exact) mass is 258 g/mol. The van der Waals surface area contributed by atoms with E-state index in [9.17, 15) is 0 Å². The van der Waals surface area contributed by atoms with E-state index in [2.05, 4.69) is 64.1 Å². The third-order valence-corrected chi connectivity index (χ3v) is 3.73. The summed E-state index contributed by atoms with van der Waals surface area (Å²) < 4.78 is 0. The van der Waals surface area contributed by atoms with Crippen molar-refractivity contribution in [3.63, 3.8) is 0 Å². The first-order valence-electron chi connectivity index (χ1n) is 6.27. The van der Waals surface area contributed by atoms with Gasteiger partial charge in [-0.2, -0.15) is 0 Å². The first-order valence-corrected chi connectivity index (χ1v) is 6.70. The predicted octanol–water partition coefficient (Wildman–Crippen LogP) is 5.25. The van der Waals surface area contributed by atoms with E-state index in [-0.39, 0.29) is 5.38 Å². The van der Waals surface area contributed by atoms with Crippen molar-refractivity contribution in [3.8, 4) is 0 Å². The summed E-state index contributed by atoms with van der Waals surface area (Å²) in [7, 11) is 0. The zero-order valence-corrected chi connectivity index (χ0v) is 12.2. The molecule has 0 aliphatic heterocycles. The van der Waals surface area contributed by atoms with Crippen LogP contribution in [0.3, 0.4) is 0 Å². The Morgan fingerprint density at radius 2 is 1.39 bits per heavy atom. The van der Waals surface area contributed by atoms with Gasteiger partial charge >= 0.3 is 0 Å². The number of alkyl halides is 1. The van der Waals surface area contributed by atoms with E-state index < -0.39 is 0 Å². The lowest BCUT2D eigenvalue weighted by Crippen LogP contribution is -1.98. The van der Waals surface area contributed by atoms with Crippen LogP contribution in [-0.2, 0) is 0 Å². The maximum Gasteiger partial charge on any atom is 0.0838 e. The van der Waals surface area contributed by atoms with E-state index >= 15 is 0 Å². The van der Waals surface area contributed by atoms with Crippen LogP contribution in [0, 0.1) is 27.7 Å². The summed E-state index contributed by atoms with van der Waals surface area (Å²) in [6.45, 7) is 8.45. The third kappa shape index (κ3) is 2.76. The lowest BCUT2D eigenvalue weighted by molar-refractivity contribution is 1.09. The van der Waals surface area contributed by atoms with Gasteiger partial charge in [-0.15, -0.1) is 11.6 Å². The zero-order chi connectivity index (χ0) is 13.3. The lowest BCUT2D eigenvalue weighted by Gasteiger charge is -2.15. The highest BCUT2D eigenvalue weighted by Gasteiger charge is 2.14. The van der Waals surface area contributed by atoms with Gasteiger partial charge in [0.05, 0.1) is 5.38 Å². The second kappa shape index (κ2) is 5.16. The molecule has 0 heterocycles. The molecule has 94 valence electrons. The molecule has 0 saturated heterocycles. The van der Waals surface area contributed by atoms with Crippen LogP contribution in [0.15, 0.2) is 36.4 Å². The number of hydrogen-bond donors (Lipinski definition) is 0. The summed E-state index contributed by atoms with van der Waals surface area (Å²) in [5.41, 5.74) is 7.43. The molecule has 0 radical (unpaired) electrons. The Balaban J connectivity index is 2.47. The molecule has 0 nitrogen and oxygen atoms in total. The van der Waals surface area contributed by atoms with Crippen molar-refractivity contribution in [1.82, 2.24) is 0 Å². The molecule has 0 N–H and O–H groups in total. The van der Waals surface area contributed by atoms with Gasteiger partial charge < -0.3 is 0 Å². The summed E-state index contributed by atoms with van der Waals surface area (Å²) in [6, 6.07) is 13.0. The topological polar surface area (TPSA) is 0 Å². The number of rotatable bonds is 2. The standard InChI is InChI=1S/C17H19Cl/c1-11-5-6-14(4)16(10-11)17(18)15-8-12(2)7-13(3)9-15/h5-10,17H,1-4H3. The largest absolute Gasteiger partial charge is 0.113 e. The highest BCUT2D eigenvalue weighted by atomic mass is 35.5. The minimum absolute atomic E-state index is 0.0662. The average molecular weight is 259 g/mol. The van der Waals surface area contributed by atoms with E-state index in [1.165, 1.54) is 33.4 Å². The molecular formula is C17H19Cl. The summed E-state index contributed by atoms with van der Waals surface area (Å²) in [4.78, 5) is 0. The van der Waals surface area contributed by atoms with Gasteiger partial charge in [0.15, 0.2) is 0 Å². The fourth-order valence-electron chi connectivity index (χ4n) is 2.37. The number of benzene rings is 2. The number of hydrogen-bond acceptors (Lipinski definition) is 0. The molecule has 2 aromatic carbocycles. The van der Waals surface area contributed by atoms with Gasteiger partial charge in [-0.25, -0.2) is 0 Å². The molecule has 18 heavy (non-hydrogen) atoms. The number of halogens is 1. The smallest absolute Gasteiger partial charge is 0.0838 e. The van der Waals surface area contributed by atoms with Crippen molar-refractivity contribution < 1.29 is 0 Å². The molecule has 1 unspecified atom stereocenters. The Morgan fingerprint density at radius 3 is 2.00 bits per heavy atom. The lowest BCUT2D eigenvalue weighted by atomic mass is 9.96. The van der Waals surface area contributed by atoms with E-state index in [1.807, 2.05) is 0 Å². The second-order valence-electron chi connectivity index (χ2n) is 5.14. The van der Waals surface area contributed by atoms with Crippen LogP contribution in [0.4, 0.5) is 0 Å². The van der Waals surface area contributed by atoms with Crippen LogP contribution in [0.1, 0.15) is 38.8 Å². The minimum atomic E-state index is -0.0662. The van der Waals surface area contributed by atoms with Crippen molar-refractivity contribution in [3.05, 3.63) is 69.8 Å². The molecule has 0 amide bonds. The minimum Gasteiger partial charge on any atom is -0.113 e. The second-order valence-corrected chi connectivity index (χ2v) is 5.58. The average Bonchev–Trinajstić information content (AvgIpc) is 2.30. The Hall–Kier alpha value is -1.27. The highest BCUT2D eigenvalue weighted by Crippen LogP contribution is 2.32. The van der Waals surface area contributed by atoms with Gasteiger partial charge in [0.25, 0.3) is 0 Å². The van der Waals surface area contributed by atoms with E-state index in [4.69, 9.17) is 11.6 Å². The fraction of sp³-hybridized carbons (Fsp3) is 0.294. The zero-order valence-electron chi connectivity index (χ0n) is 11.4. The summed E-state index contributed by atoms with van der Waals surface area (Å²) in [5.74, 6) is 0. The van der Waals surface area contributed by atoms with Crippen molar-refractivity contribution in [2.24, 2.45) is 0 Å². The van der Waals surface area contributed by atoms with Crippen LogP contribution in [0.2, 0.25) is 0 Å². The van der Waals surface area contributed by atoms with Gasteiger partial charge in [-0.1, -0.05) is 53.1 Å². The van der Waals surface area contributed by atoms with Gasteiger partial charge in [-0.3, -0.25) is 0 Å². The maximum atomic E-state index is 6.65. The van der Waals surface area contributed by atoms with Crippen molar-refractivity contribution in [2.75, 3.05) is 0 Å². The van der Waals surface area contributed by atoms with Crippen molar-refractivity contribution >= 4 is 11.6 Å². The summed E-state index contributed by atoms with van der Waals surface area (Å²) in [6.07, 6.45) is 0. The molecule has 2 rings (SSSR count). The van der Waals surface area contributed by atoms with Crippen molar-refractivity contribution in [2.45, 2.75) is 33.1 Å². The molecule has 1 atom stereocenters. The van der Waals surface area contributed by atoms with Crippen LogP contribution in [-0.4, -0.2) is 0 Å². The Morgan fingerprint density at radius 1 is 0.778 bits per heavy atom. The third-order valence-electron chi connectivity index (χ3n) is 3.24. The Kier molecular flexibility index (Phi) is 3.77. The van der Waals surface area contributed by atoms with Gasteiger partial charge in [0.1, 0.15) is 0 Å². The van der Waals surface area contributed by atoms with E-state index in [0.29, 0.717) is 0 Å². The Labute approximate surface area is 115 Å². The maximum absolute atomic E-state index is 6.65. The van der Waals surface area contributed by atoms with Crippen LogP contribution in [0.25, 0.3) is 0 Å². The molecule has 0 aromatic heterocycles. The first-order chi connectivity index (χ1) is 8.47. The molecule has 0 bridgehead atoms. The molecule has 0 aliphatic carbocycles. The van der Waals surface area contributed by atoms with Gasteiger partial charge in [-0.05, 0) is 44.4 Å². The molecule has 1 heteroatoms. The molecule has 2 aromatic rings. The Bertz CT molecular complexity index is 550. The summed E-state index contributed by atoms with van der Waals surface area (Å²) in [5, 5.41) is -0.0662. The first kappa shape index (κ1) is 13.2. The molecule has 0 fully saturated rings. The molecule has 0 saturated carbocycles. The van der Waals surface area contributed by atoms with Crippen LogP contribution < -0.4 is 0 Å². The van der Waals surface area contributed by atoms with Crippen molar-refractivity contribution in [1.29, 1.82) is 0 Å². The molecule has 0 aliphatic rings. The summed E-state index contributed by atoms with van der Waals surface area (Å²) >= 11 is 6.65. The number of aryl methyl sites for hydroxylation is 4.